The zero-order chi connectivity index (χ0) is 15.7. The van der Waals surface area contributed by atoms with Crippen molar-refractivity contribution < 1.29 is 4.42 Å². The Morgan fingerprint density at radius 2 is 1.90 bits per heavy atom. The van der Waals surface area contributed by atoms with Gasteiger partial charge in [-0.05, 0) is 31.1 Å². The van der Waals surface area contributed by atoms with Gasteiger partial charge in [-0.1, -0.05) is 27.7 Å². The number of guanidine groups is 1. The molecule has 0 aliphatic rings. The Morgan fingerprint density at radius 3 is 2.38 bits per heavy atom. The molecule has 0 saturated carbocycles. The van der Waals surface area contributed by atoms with Gasteiger partial charge in [-0.3, -0.25) is 9.89 Å². The van der Waals surface area contributed by atoms with E-state index in [0.717, 1.165) is 37.9 Å². The minimum atomic E-state index is 0.215. The molecule has 0 amide bonds. The molecule has 0 spiro atoms. The summed E-state index contributed by atoms with van der Waals surface area (Å²) in [6, 6.07) is 4.19. The van der Waals surface area contributed by atoms with Crippen molar-refractivity contribution in [3.05, 3.63) is 24.2 Å². The number of likely N-dealkylation sites (N-methyl/N-ethyl adjacent to an activating group) is 1. The Kier molecular flexibility index (Phi) is 7.90. The lowest BCUT2D eigenvalue weighted by atomic mass is 10.2. The first kappa shape index (κ1) is 17.6. The van der Waals surface area contributed by atoms with Crippen LogP contribution in [0.5, 0.6) is 0 Å². The first-order valence-electron chi connectivity index (χ1n) is 7.84. The molecule has 0 bridgehead atoms. The molecule has 0 fully saturated rings. The van der Waals surface area contributed by atoms with Crippen LogP contribution in [0, 0.1) is 5.92 Å². The van der Waals surface area contributed by atoms with E-state index >= 15 is 0 Å². The lowest BCUT2D eigenvalue weighted by Crippen LogP contribution is -2.44. The summed E-state index contributed by atoms with van der Waals surface area (Å²) < 4.78 is 5.60. The molecule has 0 aliphatic heterocycles. The van der Waals surface area contributed by atoms with Crippen LogP contribution in [-0.2, 0) is 0 Å². The highest BCUT2D eigenvalue weighted by Gasteiger charge is 2.20. The van der Waals surface area contributed by atoms with Crippen molar-refractivity contribution in [1.82, 2.24) is 15.5 Å². The van der Waals surface area contributed by atoms with Crippen LogP contribution in [0.25, 0.3) is 0 Å². The maximum Gasteiger partial charge on any atom is 0.191 e. The third kappa shape index (κ3) is 5.79. The van der Waals surface area contributed by atoms with Gasteiger partial charge in [0, 0.05) is 20.1 Å². The third-order valence-corrected chi connectivity index (χ3v) is 3.49. The lowest BCUT2D eigenvalue weighted by Gasteiger charge is -2.29. The maximum atomic E-state index is 5.60. The number of hydrogen-bond donors (Lipinski definition) is 2. The summed E-state index contributed by atoms with van der Waals surface area (Å²) >= 11 is 0. The quantitative estimate of drug-likeness (QED) is 0.571. The summed E-state index contributed by atoms with van der Waals surface area (Å²) in [5, 5.41) is 6.73. The van der Waals surface area contributed by atoms with E-state index in [1.165, 1.54) is 0 Å². The molecule has 1 aromatic rings. The molecule has 1 heterocycles. The van der Waals surface area contributed by atoms with E-state index in [1.807, 2.05) is 12.1 Å². The second kappa shape index (κ2) is 9.45. The largest absolute Gasteiger partial charge is 0.468 e. The average Bonchev–Trinajstić information content (AvgIpc) is 3.00. The molecule has 0 saturated heterocycles. The van der Waals surface area contributed by atoms with Crippen LogP contribution in [0.3, 0.4) is 0 Å². The van der Waals surface area contributed by atoms with Gasteiger partial charge in [-0.15, -0.1) is 0 Å². The second-order valence-electron chi connectivity index (χ2n) is 5.48. The van der Waals surface area contributed by atoms with Crippen molar-refractivity contribution in [3.8, 4) is 0 Å². The molecule has 5 heteroatoms. The number of aliphatic imine (C=N–C) groups is 1. The molecular weight excluding hydrogens is 264 g/mol. The molecule has 21 heavy (non-hydrogen) atoms. The number of furan rings is 1. The Hall–Kier alpha value is -1.49. The monoisotopic (exact) mass is 294 g/mol. The first-order valence-corrected chi connectivity index (χ1v) is 7.84. The highest BCUT2D eigenvalue weighted by Crippen LogP contribution is 2.20. The Morgan fingerprint density at radius 1 is 1.24 bits per heavy atom. The summed E-state index contributed by atoms with van der Waals surface area (Å²) in [5.41, 5.74) is 0. The predicted molar refractivity (Wildman–Crippen MR) is 88.6 cm³/mol. The smallest absolute Gasteiger partial charge is 0.191 e. The van der Waals surface area contributed by atoms with Crippen LogP contribution in [0.1, 0.15) is 39.5 Å². The fourth-order valence-corrected chi connectivity index (χ4v) is 2.27. The number of nitrogens with zero attached hydrogens (tertiary/aromatic N) is 2. The van der Waals surface area contributed by atoms with Gasteiger partial charge in [-0.2, -0.15) is 0 Å². The van der Waals surface area contributed by atoms with Crippen molar-refractivity contribution in [2.45, 2.75) is 33.7 Å². The molecule has 2 N–H and O–H groups in total. The summed E-state index contributed by atoms with van der Waals surface area (Å²) in [6.07, 6.45) is 1.73. The molecule has 1 rings (SSSR count). The highest BCUT2D eigenvalue weighted by molar-refractivity contribution is 5.79. The standard InChI is InChI=1S/C16H30N4O/c1-6-20(7-2)14(15-9-8-10-21-15)12-19-16(17-5)18-11-13(3)4/h8-10,13-14H,6-7,11-12H2,1-5H3,(H2,17,18,19). The van der Waals surface area contributed by atoms with E-state index in [9.17, 15) is 0 Å². The fourth-order valence-electron chi connectivity index (χ4n) is 2.27. The lowest BCUT2D eigenvalue weighted by molar-refractivity contribution is 0.193. The Bertz CT molecular complexity index is 396. The number of rotatable bonds is 8. The van der Waals surface area contributed by atoms with Crippen LogP contribution in [0.15, 0.2) is 27.8 Å². The van der Waals surface area contributed by atoms with Gasteiger partial charge in [0.1, 0.15) is 5.76 Å². The molecule has 1 aromatic heterocycles. The van der Waals surface area contributed by atoms with E-state index in [1.54, 1.807) is 13.3 Å². The van der Waals surface area contributed by atoms with E-state index in [4.69, 9.17) is 4.42 Å². The minimum Gasteiger partial charge on any atom is -0.468 e. The number of nitrogens with one attached hydrogen (secondary N) is 2. The zero-order valence-electron chi connectivity index (χ0n) is 14.0. The van der Waals surface area contributed by atoms with Crippen molar-refractivity contribution >= 4 is 5.96 Å². The van der Waals surface area contributed by atoms with Crippen molar-refractivity contribution in [1.29, 1.82) is 0 Å². The number of hydrogen-bond acceptors (Lipinski definition) is 3. The summed E-state index contributed by atoms with van der Waals surface area (Å²) in [7, 11) is 1.80. The normalized spacial score (nSPS) is 13.8. The molecule has 1 unspecified atom stereocenters. The molecule has 0 aliphatic carbocycles. The van der Waals surface area contributed by atoms with Crippen LogP contribution in [0.4, 0.5) is 0 Å². The van der Waals surface area contributed by atoms with E-state index in [2.05, 4.69) is 48.2 Å². The SMILES string of the molecule is CCN(CC)C(CNC(=NC)NCC(C)C)c1ccco1. The van der Waals surface area contributed by atoms with Gasteiger partial charge in [0.15, 0.2) is 5.96 Å². The molecule has 0 aromatic carbocycles. The third-order valence-electron chi connectivity index (χ3n) is 3.49. The topological polar surface area (TPSA) is 52.8 Å². The van der Waals surface area contributed by atoms with Gasteiger partial charge < -0.3 is 15.1 Å². The average molecular weight is 294 g/mol. The fraction of sp³-hybridized carbons (Fsp3) is 0.688. The van der Waals surface area contributed by atoms with Gasteiger partial charge in [0.25, 0.3) is 0 Å². The highest BCUT2D eigenvalue weighted by atomic mass is 16.3. The van der Waals surface area contributed by atoms with Crippen molar-refractivity contribution in [3.63, 3.8) is 0 Å². The summed E-state index contributed by atoms with van der Waals surface area (Å²) in [6.45, 7) is 12.4. The Labute approximate surface area is 128 Å². The van der Waals surface area contributed by atoms with Gasteiger partial charge in [0.05, 0.1) is 12.3 Å². The Balaban J connectivity index is 2.64. The minimum absolute atomic E-state index is 0.215. The van der Waals surface area contributed by atoms with Crippen molar-refractivity contribution in [2.24, 2.45) is 10.9 Å². The first-order chi connectivity index (χ1) is 10.1. The zero-order valence-corrected chi connectivity index (χ0v) is 14.0. The second-order valence-corrected chi connectivity index (χ2v) is 5.48. The van der Waals surface area contributed by atoms with E-state index in [-0.39, 0.29) is 6.04 Å². The molecule has 0 radical (unpaired) electrons. The van der Waals surface area contributed by atoms with Crippen LogP contribution >= 0.6 is 0 Å². The van der Waals surface area contributed by atoms with Crippen LogP contribution in [0.2, 0.25) is 0 Å². The summed E-state index contributed by atoms with van der Waals surface area (Å²) in [4.78, 5) is 6.65. The molecule has 1 atom stereocenters. The van der Waals surface area contributed by atoms with Crippen LogP contribution in [-0.4, -0.2) is 44.1 Å². The molecule has 120 valence electrons. The molecular formula is C16H30N4O. The maximum absolute atomic E-state index is 5.60. The molecule has 5 nitrogen and oxygen atoms in total. The predicted octanol–water partition coefficient (Wildman–Crippen LogP) is 2.48. The van der Waals surface area contributed by atoms with Gasteiger partial charge >= 0.3 is 0 Å². The van der Waals surface area contributed by atoms with Gasteiger partial charge in [0.2, 0.25) is 0 Å². The summed E-state index contributed by atoms with van der Waals surface area (Å²) in [5.74, 6) is 2.42. The van der Waals surface area contributed by atoms with Crippen molar-refractivity contribution in [2.75, 3.05) is 33.2 Å². The van der Waals surface area contributed by atoms with Crippen LogP contribution < -0.4 is 10.6 Å². The van der Waals surface area contributed by atoms with Gasteiger partial charge in [-0.25, -0.2) is 0 Å². The van der Waals surface area contributed by atoms with E-state index in [0.29, 0.717) is 5.92 Å². The van der Waals surface area contributed by atoms with E-state index < -0.39 is 0 Å².